The summed E-state index contributed by atoms with van der Waals surface area (Å²) in [7, 11) is 0.755. The van der Waals surface area contributed by atoms with Crippen molar-refractivity contribution in [3.8, 4) is 11.5 Å². The maximum absolute atomic E-state index is 12.6. The van der Waals surface area contributed by atoms with Gasteiger partial charge in [0.2, 0.25) is 0 Å². The van der Waals surface area contributed by atoms with E-state index in [2.05, 4.69) is 9.72 Å². The number of carbonyl (C=O) groups is 1. The number of fused-ring (bicyclic) bond motifs is 3. The van der Waals surface area contributed by atoms with Crippen molar-refractivity contribution < 1.29 is 32.2 Å². The van der Waals surface area contributed by atoms with Gasteiger partial charge in [-0.15, -0.1) is 13.2 Å². The minimum absolute atomic E-state index is 0.0490. The summed E-state index contributed by atoms with van der Waals surface area (Å²) in [5, 5.41) is 0.608. The van der Waals surface area contributed by atoms with Gasteiger partial charge < -0.3 is 14.2 Å². The van der Waals surface area contributed by atoms with Crippen LogP contribution in [0.25, 0.3) is 10.9 Å². The predicted molar refractivity (Wildman–Crippen MR) is 98.6 cm³/mol. The molecule has 3 heterocycles. The second kappa shape index (κ2) is 6.65. The molecule has 1 spiro atoms. The highest BCUT2D eigenvalue weighted by Gasteiger charge is 2.47. The SMILES string of the molecule is COC(=O)[C@@H]1CC2(CCc3c(c(C)nc4ccc(OC(F)(F)F)cc34)O2)C[SiH2]1. The Morgan fingerprint density at radius 2 is 2.18 bits per heavy atom. The number of rotatable bonds is 2. The summed E-state index contributed by atoms with van der Waals surface area (Å²) >= 11 is 0. The van der Waals surface area contributed by atoms with Crippen molar-refractivity contribution in [3.63, 3.8) is 0 Å². The molecule has 1 unspecified atom stereocenters. The number of hydrogen-bond donors (Lipinski definition) is 0. The molecule has 0 amide bonds. The number of alkyl halides is 3. The van der Waals surface area contributed by atoms with Crippen LogP contribution in [0.4, 0.5) is 13.2 Å². The van der Waals surface area contributed by atoms with Crippen molar-refractivity contribution in [2.75, 3.05) is 7.11 Å². The molecule has 0 radical (unpaired) electrons. The Hall–Kier alpha value is -2.29. The van der Waals surface area contributed by atoms with Crippen LogP contribution >= 0.6 is 0 Å². The molecule has 2 aliphatic heterocycles. The van der Waals surface area contributed by atoms with Crippen LogP contribution in [0.2, 0.25) is 11.6 Å². The first-order valence-corrected chi connectivity index (χ1v) is 11.0. The first kappa shape index (κ1) is 19.0. The van der Waals surface area contributed by atoms with Gasteiger partial charge in [-0.25, -0.2) is 4.98 Å². The summed E-state index contributed by atoms with van der Waals surface area (Å²) in [6.45, 7) is 1.83. The smallest absolute Gasteiger partial charge is 0.485 e. The minimum atomic E-state index is -4.75. The summed E-state index contributed by atoms with van der Waals surface area (Å²) < 4.78 is 53.1. The van der Waals surface area contributed by atoms with Gasteiger partial charge >= 0.3 is 12.3 Å². The molecule has 1 fully saturated rings. The van der Waals surface area contributed by atoms with Crippen molar-refractivity contribution in [1.29, 1.82) is 0 Å². The third-order valence-electron chi connectivity index (χ3n) is 5.67. The fourth-order valence-electron chi connectivity index (χ4n) is 4.41. The number of esters is 1. The van der Waals surface area contributed by atoms with Crippen LogP contribution in [0.3, 0.4) is 0 Å². The van der Waals surface area contributed by atoms with Gasteiger partial charge in [0, 0.05) is 26.0 Å². The zero-order valence-corrected chi connectivity index (χ0v) is 17.0. The van der Waals surface area contributed by atoms with Gasteiger partial charge in [0.05, 0.1) is 18.3 Å². The number of pyridine rings is 1. The van der Waals surface area contributed by atoms with Crippen molar-refractivity contribution in [3.05, 3.63) is 29.5 Å². The van der Waals surface area contributed by atoms with Crippen LogP contribution in [-0.4, -0.2) is 39.5 Å². The average Bonchev–Trinajstić information content (AvgIpc) is 3.04. The van der Waals surface area contributed by atoms with Crippen LogP contribution in [0.15, 0.2) is 18.2 Å². The predicted octanol–water partition coefficient (Wildman–Crippen LogP) is 3.46. The lowest BCUT2D eigenvalue weighted by Crippen LogP contribution is -2.37. The number of ether oxygens (including phenoxy) is 3. The zero-order chi connectivity index (χ0) is 20.1. The van der Waals surface area contributed by atoms with Crippen molar-refractivity contribution in [2.45, 2.75) is 49.7 Å². The van der Waals surface area contributed by atoms with Crippen LogP contribution in [0.1, 0.15) is 24.1 Å². The zero-order valence-electron chi connectivity index (χ0n) is 15.6. The Kier molecular flexibility index (Phi) is 4.52. The summed E-state index contributed by atoms with van der Waals surface area (Å²) in [5.41, 5.74) is 1.72. The van der Waals surface area contributed by atoms with E-state index < -0.39 is 21.5 Å². The lowest BCUT2D eigenvalue weighted by atomic mass is 9.87. The van der Waals surface area contributed by atoms with E-state index >= 15 is 0 Å². The van der Waals surface area contributed by atoms with E-state index in [0.29, 0.717) is 35.2 Å². The van der Waals surface area contributed by atoms with E-state index in [1.54, 1.807) is 0 Å². The molecule has 1 aromatic carbocycles. The van der Waals surface area contributed by atoms with E-state index in [1.165, 1.54) is 25.3 Å². The summed E-state index contributed by atoms with van der Waals surface area (Å²) in [5.74, 6) is 0.190. The highest BCUT2D eigenvalue weighted by Crippen LogP contribution is 2.47. The van der Waals surface area contributed by atoms with Gasteiger partial charge in [0.25, 0.3) is 0 Å². The molecule has 150 valence electrons. The third-order valence-corrected chi connectivity index (χ3v) is 8.19. The standard InChI is InChI=1S/C19H20F3NO4Si/c1-10-16-12(5-6-18(27-16)8-15(28-9-18)17(24)25-2)13-7-11(26-19(20,21)22)3-4-14(13)23-10/h3-4,7,15H,5-6,8-9,28H2,1-2H3/t15-,18?/m0/s1. The number of hydrogen-bond acceptors (Lipinski definition) is 5. The van der Waals surface area contributed by atoms with Gasteiger partial charge in [-0.05, 0) is 50.4 Å². The van der Waals surface area contributed by atoms with E-state index in [9.17, 15) is 18.0 Å². The first-order chi connectivity index (χ1) is 13.2. The molecular formula is C19H20F3NO4Si. The summed E-state index contributed by atoms with van der Waals surface area (Å²) in [4.78, 5) is 16.4. The fraction of sp³-hybridized carbons (Fsp3) is 0.474. The molecule has 0 bridgehead atoms. The topological polar surface area (TPSA) is 57.7 Å². The molecule has 2 atom stereocenters. The highest BCUT2D eigenvalue weighted by atomic mass is 28.2. The quantitative estimate of drug-likeness (QED) is 0.560. The number of aromatic nitrogens is 1. The highest BCUT2D eigenvalue weighted by molar-refractivity contribution is 6.45. The van der Waals surface area contributed by atoms with Crippen LogP contribution < -0.4 is 9.47 Å². The van der Waals surface area contributed by atoms with Gasteiger partial charge in [-0.3, -0.25) is 4.79 Å². The number of halogens is 3. The molecule has 0 saturated carbocycles. The average molecular weight is 411 g/mol. The molecule has 1 saturated heterocycles. The normalized spacial score (nSPS) is 25.0. The number of methoxy groups -OCH3 is 1. The largest absolute Gasteiger partial charge is 0.573 e. The Morgan fingerprint density at radius 3 is 2.89 bits per heavy atom. The number of nitrogens with zero attached hydrogens (tertiary/aromatic N) is 1. The molecular weight excluding hydrogens is 391 g/mol. The van der Waals surface area contributed by atoms with Gasteiger partial charge in [0.1, 0.15) is 17.1 Å². The van der Waals surface area contributed by atoms with E-state index in [4.69, 9.17) is 9.47 Å². The molecule has 0 N–H and O–H groups in total. The third kappa shape index (κ3) is 3.43. The molecule has 4 rings (SSSR count). The molecule has 2 aliphatic rings. The lowest BCUT2D eigenvalue weighted by Gasteiger charge is -2.37. The maximum atomic E-state index is 12.6. The second-order valence-corrected chi connectivity index (χ2v) is 9.54. The number of benzene rings is 1. The monoisotopic (exact) mass is 411 g/mol. The fourth-order valence-corrected chi connectivity index (χ4v) is 6.97. The van der Waals surface area contributed by atoms with E-state index in [0.717, 1.165) is 18.0 Å². The van der Waals surface area contributed by atoms with E-state index in [1.807, 2.05) is 6.92 Å². The summed E-state index contributed by atoms with van der Waals surface area (Å²) in [6.07, 6.45) is -2.72. The second-order valence-electron chi connectivity index (χ2n) is 7.48. The molecule has 2 aromatic rings. The Morgan fingerprint density at radius 1 is 1.39 bits per heavy atom. The summed E-state index contributed by atoms with van der Waals surface area (Å²) in [6, 6.07) is 5.05. The molecule has 1 aromatic heterocycles. The van der Waals surface area contributed by atoms with Gasteiger partial charge in [-0.1, -0.05) is 0 Å². The number of aryl methyl sites for hydroxylation is 2. The lowest BCUT2D eigenvalue weighted by molar-refractivity contribution is -0.274. The molecule has 5 nitrogen and oxygen atoms in total. The molecule has 9 heteroatoms. The first-order valence-electron chi connectivity index (χ1n) is 9.15. The van der Waals surface area contributed by atoms with Crippen molar-refractivity contribution in [2.24, 2.45) is 0 Å². The Balaban J connectivity index is 1.69. The van der Waals surface area contributed by atoms with E-state index in [-0.39, 0.29) is 17.3 Å². The van der Waals surface area contributed by atoms with Gasteiger partial charge in [0.15, 0.2) is 0 Å². The van der Waals surface area contributed by atoms with Crippen molar-refractivity contribution in [1.82, 2.24) is 4.98 Å². The Bertz CT molecular complexity index is 949. The Labute approximate surface area is 162 Å². The minimum Gasteiger partial charge on any atom is -0.485 e. The van der Waals surface area contributed by atoms with Gasteiger partial charge in [-0.2, -0.15) is 0 Å². The molecule has 28 heavy (non-hydrogen) atoms. The molecule has 0 aliphatic carbocycles. The van der Waals surface area contributed by atoms with Crippen LogP contribution in [-0.2, 0) is 16.0 Å². The number of carbonyl (C=O) groups excluding carboxylic acids is 1. The maximum Gasteiger partial charge on any atom is 0.573 e. The van der Waals surface area contributed by atoms with Crippen LogP contribution in [0, 0.1) is 6.92 Å². The van der Waals surface area contributed by atoms with Crippen LogP contribution in [0.5, 0.6) is 11.5 Å². The van der Waals surface area contributed by atoms with Crippen molar-refractivity contribution >= 4 is 26.4 Å².